The standard InChI is InChI=1S/C15H22N2O.C14H20N2O2.H2O.Zn/c1-15(2,16)14(18)12-6-8-13(9-7-12)17-10-4-3-5-11-17;1-14(2,15)13(17)11-3-5-12(6-4-11)16-7-9-18-10-8-16;;/h6-9H,3-5,10-11,16H2,1-2H3;3-6H,7-10,15H2,1-2H3;1H2;/q;;;+2. The molecule has 6 N–H and O–H groups in total. The van der Waals surface area contributed by atoms with Crippen molar-refractivity contribution in [1.82, 2.24) is 0 Å². The molecule has 0 aromatic rings. The Hall–Kier alpha value is -2.16. The third-order valence-corrected chi connectivity index (χ3v) is 6.53. The summed E-state index contributed by atoms with van der Waals surface area (Å²) in [5, 5.41) is 24.0. The first kappa shape index (κ1) is 33.9. The van der Waals surface area contributed by atoms with Crippen LogP contribution in [0.2, 0.25) is 0 Å². The Morgan fingerprint density at radius 2 is 1.00 bits per heavy atom. The summed E-state index contributed by atoms with van der Waals surface area (Å²) in [6.07, 6.45) is 19.3. The maximum Gasteiger partial charge on any atom is 2.00 e. The van der Waals surface area contributed by atoms with Gasteiger partial charge >= 0.3 is 19.5 Å². The minimum absolute atomic E-state index is 0. The topological polar surface area (TPSA) is 145 Å². The molecule has 0 amide bonds. The van der Waals surface area contributed by atoms with Crippen molar-refractivity contribution in [2.24, 2.45) is 11.5 Å². The van der Waals surface area contributed by atoms with Gasteiger partial charge < -0.3 is 31.9 Å². The van der Waals surface area contributed by atoms with Crippen LogP contribution in [-0.4, -0.2) is 76.5 Å². The van der Waals surface area contributed by atoms with E-state index < -0.39 is 11.1 Å². The zero-order valence-electron chi connectivity index (χ0n) is 23.5. The predicted molar refractivity (Wildman–Crippen MR) is 145 cm³/mol. The van der Waals surface area contributed by atoms with Gasteiger partial charge in [0.1, 0.15) is 26.3 Å². The number of piperidine rings is 1. The quantitative estimate of drug-likeness (QED) is 0.274. The number of hydrogen-bond acceptors (Lipinski definition) is 5. The van der Waals surface area contributed by atoms with Crippen LogP contribution in [0.15, 0.2) is 71.3 Å². The second-order valence-corrected chi connectivity index (χ2v) is 10.8. The van der Waals surface area contributed by atoms with Crippen molar-refractivity contribution in [2.45, 2.75) is 58.0 Å². The number of ether oxygens (including phenoxy) is 1. The summed E-state index contributed by atoms with van der Waals surface area (Å²) in [5.74, 6) is -0.0382. The minimum atomic E-state index is -0.819. The zero-order valence-corrected chi connectivity index (χ0v) is 26.4. The Morgan fingerprint density at radius 3 is 1.34 bits per heavy atom. The van der Waals surface area contributed by atoms with E-state index in [1.54, 1.807) is 27.7 Å². The predicted octanol–water partition coefficient (Wildman–Crippen LogP) is 0.222. The zero-order chi connectivity index (χ0) is 26.3. The summed E-state index contributed by atoms with van der Waals surface area (Å²) in [6.45, 7) is 12.5. The van der Waals surface area contributed by atoms with Gasteiger partial charge in [0.2, 0.25) is 0 Å². The number of allylic oxidation sites excluding steroid dienone is 10. The van der Waals surface area contributed by atoms with E-state index in [0.29, 0.717) is 11.1 Å². The van der Waals surface area contributed by atoms with E-state index in [-0.39, 0.29) is 36.5 Å². The number of morpholine rings is 1. The van der Waals surface area contributed by atoms with Gasteiger partial charge in [0.25, 0.3) is 0 Å². The van der Waals surface area contributed by atoms with Gasteiger partial charge in [-0.25, -0.2) is 9.15 Å². The second-order valence-electron chi connectivity index (χ2n) is 10.8. The number of nitrogens with two attached hydrogens (primary N) is 2. The number of rotatable bonds is 2. The SMILES string of the molecule is CC(C)(N)C([O-])=C1C=CC(=[N+]2CCCCC2)C=C1.CC(C)(N)C([O-])=C1C=CC(=[N+]2CCOCC2)C=C1.O.[Zn+2]. The number of hydrogen-bond donors (Lipinski definition) is 2. The molecule has 0 spiro atoms. The van der Waals surface area contributed by atoms with Crippen LogP contribution in [0, 0.1) is 0 Å². The van der Waals surface area contributed by atoms with Crippen LogP contribution in [0.25, 0.3) is 0 Å². The molecule has 204 valence electrons. The van der Waals surface area contributed by atoms with Crippen LogP contribution in [0.1, 0.15) is 47.0 Å². The molecule has 2 saturated heterocycles. The van der Waals surface area contributed by atoms with Crippen molar-refractivity contribution in [3.8, 4) is 0 Å². The molecule has 0 unspecified atom stereocenters. The molecule has 4 aliphatic rings. The van der Waals surface area contributed by atoms with E-state index in [1.807, 2.05) is 48.6 Å². The molecule has 0 aromatic heterocycles. The average molecular weight is 578 g/mol. The first-order chi connectivity index (χ1) is 17.0. The van der Waals surface area contributed by atoms with Crippen LogP contribution in [0.3, 0.4) is 0 Å². The molecule has 0 bridgehead atoms. The van der Waals surface area contributed by atoms with Crippen LogP contribution < -0.4 is 21.7 Å². The smallest absolute Gasteiger partial charge is 0.874 e. The first-order valence-electron chi connectivity index (χ1n) is 12.9. The fourth-order valence-corrected chi connectivity index (χ4v) is 4.36. The van der Waals surface area contributed by atoms with Gasteiger partial charge in [-0.2, -0.15) is 0 Å². The van der Waals surface area contributed by atoms with E-state index in [1.165, 1.54) is 25.0 Å². The van der Waals surface area contributed by atoms with E-state index in [9.17, 15) is 10.2 Å². The summed E-state index contributed by atoms with van der Waals surface area (Å²) in [5.41, 5.74) is 13.7. The monoisotopic (exact) mass is 576 g/mol. The molecule has 2 fully saturated rings. The third-order valence-electron chi connectivity index (χ3n) is 6.53. The summed E-state index contributed by atoms with van der Waals surface area (Å²) < 4.78 is 9.95. The first-order valence-corrected chi connectivity index (χ1v) is 12.9. The molecule has 0 saturated carbocycles. The van der Waals surface area contributed by atoms with Crippen molar-refractivity contribution in [2.75, 3.05) is 39.4 Å². The van der Waals surface area contributed by atoms with Crippen molar-refractivity contribution < 1.29 is 49.1 Å². The number of nitrogens with zero attached hydrogens (tertiary/aromatic N) is 2. The Morgan fingerprint density at radius 1 is 0.658 bits per heavy atom. The van der Waals surface area contributed by atoms with E-state index in [0.717, 1.165) is 45.1 Å². The average Bonchev–Trinajstić information content (AvgIpc) is 2.88. The fraction of sp³-hybridized carbons (Fsp3) is 0.517. The summed E-state index contributed by atoms with van der Waals surface area (Å²) >= 11 is 0. The van der Waals surface area contributed by atoms with Crippen molar-refractivity contribution in [1.29, 1.82) is 0 Å². The molecule has 2 aliphatic heterocycles. The van der Waals surface area contributed by atoms with Crippen LogP contribution in [0.5, 0.6) is 0 Å². The molecular weight excluding hydrogens is 534 g/mol. The van der Waals surface area contributed by atoms with Gasteiger partial charge in [0.15, 0.2) is 24.5 Å². The molecule has 9 heteroatoms. The molecule has 0 atom stereocenters. The molecule has 0 radical (unpaired) electrons. The van der Waals surface area contributed by atoms with Crippen LogP contribution in [-0.2, 0) is 24.2 Å². The summed E-state index contributed by atoms with van der Waals surface area (Å²) in [4.78, 5) is 0. The maximum atomic E-state index is 12.0. The molecule has 8 nitrogen and oxygen atoms in total. The van der Waals surface area contributed by atoms with Gasteiger partial charge in [-0.15, -0.1) is 11.5 Å². The summed E-state index contributed by atoms with van der Waals surface area (Å²) in [7, 11) is 0. The van der Waals surface area contributed by atoms with Crippen molar-refractivity contribution >= 4 is 11.4 Å². The third kappa shape index (κ3) is 9.55. The Balaban J connectivity index is 0.000000361. The molecule has 38 heavy (non-hydrogen) atoms. The molecule has 2 aliphatic carbocycles. The Kier molecular flexibility index (Phi) is 13.2. The van der Waals surface area contributed by atoms with Gasteiger partial charge in [-0.05, 0) is 69.6 Å². The molecule has 0 aromatic carbocycles. The minimum Gasteiger partial charge on any atom is -0.874 e. The van der Waals surface area contributed by atoms with Gasteiger partial charge in [0.05, 0.1) is 0 Å². The van der Waals surface area contributed by atoms with Crippen molar-refractivity contribution in [3.63, 3.8) is 0 Å². The van der Waals surface area contributed by atoms with Gasteiger partial charge in [0, 0.05) is 48.2 Å². The Labute approximate surface area is 240 Å². The fourth-order valence-electron chi connectivity index (χ4n) is 4.36. The normalized spacial score (nSPS) is 19.4. The molecular formula is C29H44N4O4Zn+2. The van der Waals surface area contributed by atoms with E-state index >= 15 is 0 Å². The van der Waals surface area contributed by atoms with Crippen LogP contribution >= 0.6 is 0 Å². The van der Waals surface area contributed by atoms with Gasteiger partial charge in [-0.3, -0.25) is 0 Å². The maximum absolute atomic E-state index is 12.0. The Bertz CT molecular complexity index is 943. The molecule has 4 rings (SSSR count). The summed E-state index contributed by atoms with van der Waals surface area (Å²) in [6, 6.07) is 0. The molecule has 2 heterocycles. The van der Waals surface area contributed by atoms with E-state index in [4.69, 9.17) is 16.2 Å². The van der Waals surface area contributed by atoms with E-state index in [2.05, 4.69) is 9.15 Å². The van der Waals surface area contributed by atoms with Gasteiger partial charge in [-0.1, -0.05) is 0 Å². The largest absolute Gasteiger partial charge is 2.00 e. The second kappa shape index (κ2) is 14.8. The van der Waals surface area contributed by atoms with Crippen LogP contribution in [0.4, 0.5) is 0 Å². The van der Waals surface area contributed by atoms with Crippen molar-refractivity contribution in [3.05, 3.63) is 71.3 Å².